The van der Waals surface area contributed by atoms with Crippen molar-refractivity contribution >= 4 is 11.6 Å². The average Bonchev–Trinajstić information content (AvgIpc) is 2.72. The van der Waals surface area contributed by atoms with Gasteiger partial charge in [0.1, 0.15) is 0 Å². The Morgan fingerprint density at radius 3 is 2.50 bits per heavy atom. The van der Waals surface area contributed by atoms with Crippen molar-refractivity contribution < 1.29 is 4.79 Å². The summed E-state index contributed by atoms with van der Waals surface area (Å²) >= 11 is 0. The van der Waals surface area contributed by atoms with Crippen LogP contribution in [0.3, 0.4) is 0 Å². The third-order valence-corrected chi connectivity index (χ3v) is 5.01. The number of aryl methyl sites for hydroxylation is 2. The number of rotatable bonds is 2. The predicted octanol–water partition coefficient (Wildman–Crippen LogP) is 1.83. The summed E-state index contributed by atoms with van der Waals surface area (Å²) in [4.78, 5) is 40.0. The smallest absolute Gasteiger partial charge is 0.307 e. The van der Waals surface area contributed by atoms with E-state index in [9.17, 15) is 14.4 Å². The van der Waals surface area contributed by atoms with Crippen LogP contribution >= 0.6 is 0 Å². The highest BCUT2D eigenvalue weighted by atomic mass is 16.2. The Morgan fingerprint density at radius 2 is 1.75 bits per heavy atom. The van der Waals surface area contributed by atoms with Crippen molar-refractivity contribution in [1.29, 1.82) is 0 Å². The van der Waals surface area contributed by atoms with Crippen molar-refractivity contribution in [2.75, 3.05) is 11.4 Å². The second-order valence-electron chi connectivity index (χ2n) is 6.93. The van der Waals surface area contributed by atoms with Gasteiger partial charge in [0.05, 0.1) is 5.69 Å². The van der Waals surface area contributed by atoms with Crippen molar-refractivity contribution in [2.45, 2.75) is 19.8 Å². The highest BCUT2D eigenvalue weighted by molar-refractivity contribution is 6.05. The SMILES string of the molecule is Cc1ccc(-n2nc(C(=O)N3CCCc4ccccc43)c(=O)n(C)c2=O)cc1. The second-order valence-corrected chi connectivity index (χ2v) is 6.93. The number of carbonyl (C=O) groups excluding carboxylic acids is 1. The van der Waals surface area contributed by atoms with Crippen molar-refractivity contribution in [1.82, 2.24) is 14.3 Å². The molecule has 4 rings (SSSR count). The lowest BCUT2D eigenvalue weighted by molar-refractivity contribution is 0.0975. The number of para-hydroxylation sites is 1. The molecule has 0 spiro atoms. The maximum atomic E-state index is 13.2. The molecule has 0 unspecified atom stereocenters. The number of benzene rings is 2. The largest absolute Gasteiger partial charge is 0.351 e. The normalized spacial score (nSPS) is 13.3. The fraction of sp³-hybridized carbons (Fsp3) is 0.238. The lowest BCUT2D eigenvalue weighted by atomic mass is 10.0. The molecule has 142 valence electrons. The fourth-order valence-electron chi connectivity index (χ4n) is 3.43. The molecule has 0 atom stereocenters. The molecule has 3 aromatic rings. The van der Waals surface area contributed by atoms with Gasteiger partial charge in [-0.2, -0.15) is 9.78 Å². The van der Waals surface area contributed by atoms with Crippen molar-refractivity contribution in [3.8, 4) is 5.69 Å². The van der Waals surface area contributed by atoms with E-state index in [1.807, 2.05) is 43.3 Å². The van der Waals surface area contributed by atoms with Crippen LogP contribution in [-0.2, 0) is 13.5 Å². The van der Waals surface area contributed by atoms with Crippen LogP contribution in [0.4, 0.5) is 5.69 Å². The molecule has 1 aromatic heterocycles. The summed E-state index contributed by atoms with van der Waals surface area (Å²) in [6.07, 6.45) is 1.69. The topological polar surface area (TPSA) is 77.2 Å². The summed E-state index contributed by atoms with van der Waals surface area (Å²) in [5, 5.41) is 4.16. The minimum atomic E-state index is -0.693. The first-order valence-electron chi connectivity index (χ1n) is 9.14. The van der Waals surface area contributed by atoms with E-state index in [4.69, 9.17) is 0 Å². The Bertz CT molecular complexity index is 1180. The van der Waals surface area contributed by atoms with Gasteiger partial charge in [-0.05, 0) is 43.5 Å². The van der Waals surface area contributed by atoms with E-state index in [2.05, 4.69) is 5.10 Å². The molecule has 0 radical (unpaired) electrons. The molecule has 0 aliphatic carbocycles. The van der Waals surface area contributed by atoms with Crippen LogP contribution in [0.1, 0.15) is 28.0 Å². The third kappa shape index (κ3) is 2.94. The molecular weight excluding hydrogens is 356 g/mol. The Hall–Kier alpha value is -3.48. The van der Waals surface area contributed by atoms with Crippen LogP contribution in [0.5, 0.6) is 0 Å². The summed E-state index contributed by atoms with van der Waals surface area (Å²) < 4.78 is 2.03. The Balaban J connectivity index is 1.85. The Labute approximate surface area is 161 Å². The number of amides is 1. The number of nitrogens with zero attached hydrogens (tertiary/aromatic N) is 4. The molecule has 7 heteroatoms. The van der Waals surface area contributed by atoms with Gasteiger partial charge in [0.2, 0.25) is 5.69 Å². The molecule has 0 fully saturated rings. The maximum Gasteiger partial charge on any atom is 0.351 e. The standard InChI is InChI=1S/C21H20N4O3/c1-14-9-11-16(12-10-14)25-21(28)23(2)19(26)18(22-25)20(27)24-13-5-7-15-6-3-4-8-17(15)24/h3-4,6,8-12H,5,7,13H2,1-2H3. The summed E-state index contributed by atoms with van der Waals surface area (Å²) in [5.74, 6) is -0.492. The first-order valence-corrected chi connectivity index (χ1v) is 9.14. The predicted molar refractivity (Wildman–Crippen MR) is 106 cm³/mol. The van der Waals surface area contributed by atoms with E-state index >= 15 is 0 Å². The lowest BCUT2D eigenvalue weighted by Crippen LogP contribution is -2.46. The van der Waals surface area contributed by atoms with Gasteiger partial charge in [-0.3, -0.25) is 14.2 Å². The molecule has 7 nitrogen and oxygen atoms in total. The average molecular weight is 376 g/mol. The molecule has 2 aromatic carbocycles. The summed E-state index contributed by atoms with van der Waals surface area (Å²) in [6, 6.07) is 14.8. The summed E-state index contributed by atoms with van der Waals surface area (Å²) in [6.45, 7) is 2.44. The van der Waals surface area contributed by atoms with E-state index in [1.165, 1.54) is 7.05 Å². The van der Waals surface area contributed by atoms with E-state index in [0.29, 0.717) is 12.2 Å². The number of fused-ring (bicyclic) bond motifs is 1. The molecule has 28 heavy (non-hydrogen) atoms. The molecule has 2 heterocycles. The quantitative estimate of drug-likeness (QED) is 0.684. The van der Waals surface area contributed by atoms with E-state index in [1.54, 1.807) is 17.0 Å². The van der Waals surface area contributed by atoms with Crippen LogP contribution in [0.15, 0.2) is 58.1 Å². The van der Waals surface area contributed by atoms with Crippen molar-refractivity contribution in [2.24, 2.45) is 7.05 Å². The van der Waals surface area contributed by atoms with Gasteiger partial charge < -0.3 is 4.90 Å². The molecule has 0 saturated carbocycles. The van der Waals surface area contributed by atoms with Crippen LogP contribution in [0, 0.1) is 6.92 Å². The zero-order chi connectivity index (χ0) is 19.8. The number of carbonyl (C=O) groups is 1. The molecule has 0 N–H and O–H groups in total. The number of aromatic nitrogens is 3. The fourth-order valence-corrected chi connectivity index (χ4v) is 3.43. The molecule has 1 aliphatic heterocycles. The Morgan fingerprint density at radius 1 is 1.04 bits per heavy atom. The first kappa shape index (κ1) is 17.9. The van der Waals surface area contributed by atoms with Gasteiger partial charge >= 0.3 is 5.69 Å². The van der Waals surface area contributed by atoms with Gasteiger partial charge in [0, 0.05) is 19.3 Å². The van der Waals surface area contributed by atoms with E-state index < -0.39 is 17.2 Å². The molecular formula is C21H20N4O3. The van der Waals surface area contributed by atoms with Crippen LogP contribution < -0.4 is 16.1 Å². The van der Waals surface area contributed by atoms with Gasteiger partial charge in [0.25, 0.3) is 11.5 Å². The third-order valence-electron chi connectivity index (χ3n) is 5.01. The summed E-state index contributed by atoms with van der Waals surface area (Å²) in [7, 11) is 1.36. The van der Waals surface area contributed by atoms with E-state index in [-0.39, 0.29) is 5.69 Å². The lowest BCUT2D eigenvalue weighted by Gasteiger charge is -2.29. The van der Waals surface area contributed by atoms with Crippen LogP contribution in [-0.4, -0.2) is 26.8 Å². The molecule has 1 amide bonds. The van der Waals surface area contributed by atoms with Crippen LogP contribution in [0.2, 0.25) is 0 Å². The molecule has 0 saturated heterocycles. The monoisotopic (exact) mass is 376 g/mol. The summed E-state index contributed by atoms with van der Waals surface area (Å²) in [5.41, 5.74) is 1.83. The number of hydrogen-bond donors (Lipinski definition) is 0. The number of hydrogen-bond acceptors (Lipinski definition) is 4. The van der Waals surface area contributed by atoms with Gasteiger partial charge in [0.15, 0.2) is 0 Å². The first-order chi connectivity index (χ1) is 13.5. The Kier molecular flexibility index (Phi) is 4.43. The minimum absolute atomic E-state index is 0.264. The van der Waals surface area contributed by atoms with E-state index in [0.717, 1.165) is 38.9 Å². The highest BCUT2D eigenvalue weighted by Gasteiger charge is 2.28. The zero-order valence-electron chi connectivity index (χ0n) is 15.8. The van der Waals surface area contributed by atoms with Crippen LogP contribution in [0.25, 0.3) is 5.69 Å². The zero-order valence-corrected chi connectivity index (χ0v) is 15.8. The highest BCUT2D eigenvalue weighted by Crippen LogP contribution is 2.27. The van der Waals surface area contributed by atoms with Gasteiger partial charge in [-0.25, -0.2) is 4.79 Å². The number of anilines is 1. The minimum Gasteiger partial charge on any atom is -0.307 e. The van der Waals surface area contributed by atoms with Crippen molar-refractivity contribution in [3.05, 3.63) is 86.2 Å². The molecule has 0 bridgehead atoms. The van der Waals surface area contributed by atoms with Gasteiger partial charge in [-0.1, -0.05) is 35.9 Å². The second kappa shape index (κ2) is 6.92. The maximum absolute atomic E-state index is 13.2. The van der Waals surface area contributed by atoms with Gasteiger partial charge in [-0.15, -0.1) is 0 Å². The molecule has 1 aliphatic rings. The van der Waals surface area contributed by atoms with Crippen molar-refractivity contribution in [3.63, 3.8) is 0 Å².